The Labute approximate surface area is 100 Å². The Balaban J connectivity index is 2.16. The Bertz CT molecular complexity index is 646. The third kappa shape index (κ3) is 1.64. The van der Waals surface area contributed by atoms with Gasteiger partial charge in [-0.05, 0) is 32.0 Å². The van der Waals surface area contributed by atoms with E-state index in [9.17, 15) is 0 Å². The number of aromatic nitrogens is 3. The minimum Gasteiger partial charge on any atom is -0.361 e. The topological polar surface area (TPSA) is 33.6 Å². The normalized spacial score (nSPS) is 11.5. The summed E-state index contributed by atoms with van der Waals surface area (Å²) in [7, 11) is 0. The van der Waals surface area contributed by atoms with E-state index in [1.165, 1.54) is 10.9 Å². The SMILES string of the molecule is CC(C)n1ccc(-c2cccc3[nH]ccc23)n1. The molecule has 3 nitrogen and oxygen atoms in total. The molecule has 0 aliphatic heterocycles. The van der Waals surface area contributed by atoms with Crippen molar-refractivity contribution in [1.82, 2.24) is 14.8 Å². The van der Waals surface area contributed by atoms with Crippen molar-refractivity contribution in [3.05, 3.63) is 42.7 Å². The lowest BCUT2D eigenvalue weighted by Crippen LogP contribution is -2.00. The summed E-state index contributed by atoms with van der Waals surface area (Å²) in [5.41, 5.74) is 3.37. The molecule has 3 heteroatoms. The number of hydrogen-bond acceptors (Lipinski definition) is 1. The minimum atomic E-state index is 0.397. The Morgan fingerprint density at radius 1 is 1.18 bits per heavy atom. The lowest BCUT2D eigenvalue weighted by Gasteiger charge is -2.04. The van der Waals surface area contributed by atoms with Crippen molar-refractivity contribution in [2.45, 2.75) is 19.9 Å². The van der Waals surface area contributed by atoms with Gasteiger partial charge in [-0.15, -0.1) is 0 Å². The van der Waals surface area contributed by atoms with Crippen LogP contribution in [0.15, 0.2) is 42.7 Å². The Kier molecular flexibility index (Phi) is 2.25. The highest BCUT2D eigenvalue weighted by Crippen LogP contribution is 2.27. The zero-order valence-electron chi connectivity index (χ0n) is 10.0. The predicted octanol–water partition coefficient (Wildman–Crippen LogP) is 3.61. The number of hydrogen-bond donors (Lipinski definition) is 1. The van der Waals surface area contributed by atoms with Crippen LogP contribution in [-0.4, -0.2) is 14.8 Å². The van der Waals surface area contributed by atoms with Crippen molar-refractivity contribution in [2.75, 3.05) is 0 Å². The average molecular weight is 225 g/mol. The van der Waals surface area contributed by atoms with E-state index in [2.05, 4.69) is 54.3 Å². The Morgan fingerprint density at radius 3 is 2.82 bits per heavy atom. The average Bonchev–Trinajstić information content (AvgIpc) is 2.97. The van der Waals surface area contributed by atoms with Gasteiger partial charge in [-0.2, -0.15) is 5.10 Å². The molecule has 0 fully saturated rings. The van der Waals surface area contributed by atoms with Gasteiger partial charge in [0.1, 0.15) is 0 Å². The molecule has 2 heterocycles. The van der Waals surface area contributed by atoms with E-state index < -0.39 is 0 Å². The maximum absolute atomic E-state index is 4.61. The van der Waals surface area contributed by atoms with Crippen molar-refractivity contribution in [2.24, 2.45) is 0 Å². The number of aromatic amines is 1. The summed E-state index contributed by atoms with van der Waals surface area (Å²) < 4.78 is 1.99. The highest BCUT2D eigenvalue weighted by Gasteiger charge is 2.08. The van der Waals surface area contributed by atoms with Gasteiger partial charge in [-0.3, -0.25) is 4.68 Å². The second-order valence-electron chi connectivity index (χ2n) is 4.52. The molecule has 0 bridgehead atoms. The molecule has 0 atom stereocenters. The standard InChI is InChI=1S/C14H15N3/c1-10(2)17-9-7-14(16-17)11-4-3-5-13-12(11)6-8-15-13/h3-10,15H,1-2H3. The van der Waals surface area contributed by atoms with Crippen LogP contribution < -0.4 is 0 Å². The van der Waals surface area contributed by atoms with Gasteiger partial charge in [0.05, 0.1) is 5.69 Å². The summed E-state index contributed by atoms with van der Waals surface area (Å²) in [6.45, 7) is 4.27. The van der Waals surface area contributed by atoms with Crippen molar-refractivity contribution >= 4 is 10.9 Å². The lowest BCUT2D eigenvalue weighted by atomic mass is 10.1. The largest absolute Gasteiger partial charge is 0.361 e. The first kappa shape index (κ1) is 10.1. The van der Waals surface area contributed by atoms with Crippen LogP contribution in [0.1, 0.15) is 19.9 Å². The number of nitrogens with one attached hydrogen (secondary N) is 1. The minimum absolute atomic E-state index is 0.397. The van der Waals surface area contributed by atoms with Crippen LogP contribution in [0.25, 0.3) is 22.2 Å². The van der Waals surface area contributed by atoms with Gasteiger partial charge in [0.2, 0.25) is 0 Å². The van der Waals surface area contributed by atoms with Gasteiger partial charge >= 0.3 is 0 Å². The van der Waals surface area contributed by atoms with Gasteiger partial charge in [0.25, 0.3) is 0 Å². The van der Waals surface area contributed by atoms with Crippen LogP contribution in [0.2, 0.25) is 0 Å². The van der Waals surface area contributed by atoms with Gasteiger partial charge in [0, 0.05) is 34.9 Å². The number of fused-ring (bicyclic) bond motifs is 1. The van der Waals surface area contributed by atoms with Crippen LogP contribution in [0.5, 0.6) is 0 Å². The van der Waals surface area contributed by atoms with E-state index >= 15 is 0 Å². The van der Waals surface area contributed by atoms with Crippen LogP contribution in [0.4, 0.5) is 0 Å². The molecule has 0 saturated carbocycles. The molecule has 1 aromatic carbocycles. The van der Waals surface area contributed by atoms with Crippen molar-refractivity contribution in [1.29, 1.82) is 0 Å². The molecule has 86 valence electrons. The van der Waals surface area contributed by atoms with Crippen LogP contribution >= 0.6 is 0 Å². The predicted molar refractivity (Wildman–Crippen MR) is 69.9 cm³/mol. The first-order valence-electron chi connectivity index (χ1n) is 5.87. The molecule has 0 unspecified atom stereocenters. The maximum Gasteiger partial charge on any atom is 0.0930 e. The first-order valence-corrected chi connectivity index (χ1v) is 5.87. The molecule has 0 aliphatic rings. The number of H-pyrrole nitrogens is 1. The number of benzene rings is 1. The molecule has 17 heavy (non-hydrogen) atoms. The summed E-state index contributed by atoms with van der Waals surface area (Å²) in [6, 6.07) is 10.8. The third-order valence-electron chi connectivity index (χ3n) is 3.01. The molecular weight excluding hydrogens is 210 g/mol. The van der Waals surface area contributed by atoms with Gasteiger partial charge < -0.3 is 4.98 Å². The quantitative estimate of drug-likeness (QED) is 0.710. The number of rotatable bonds is 2. The summed E-state index contributed by atoms with van der Waals surface area (Å²) in [5, 5.41) is 5.84. The number of nitrogens with zero attached hydrogens (tertiary/aromatic N) is 2. The highest BCUT2D eigenvalue weighted by atomic mass is 15.3. The molecule has 0 spiro atoms. The highest BCUT2D eigenvalue weighted by molar-refractivity contribution is 5.93. The first-order chi connectivity index (χ1) is 8.25. The van der Waals surface area contributed by atoms with E-state index in [4.69, 9.17) is 0 Å². The zero-order valence-corrected chi connectivity index (χ0v) is 10.0. The molecular formula is C14H15N3. The second-order valence-corrected chi connectivity index (χ2v) is 4.52. The Morgan fingerprint density at radius 2 is 2.06 bits per heavy atom. The fourth-order valence-electron chi connectivity index (χ4n) is 2.08. The van der Waals surface area contributed by atoms with Crippen LogP contribution in [0, 0.1) is 0 Å². The molecule has 0 amide bonds. The van der Waals surface area contributed by atoms with E-state index in [-0.39, 0.29) is 0 Å². The molecule has 3 aromatic rings. The van der Waals surface area contributed by atoms with Crippen molar-refractivity contribution in [3.8, 4) is 11.3 Å². The Hall–Kier alpha value is -2.03. The summed E-state index contributed by atoms with van der Waals surface area (Å²) in [5.74, 6) is 0. The fourth-order valence-corrected chi connectivity index (χ4v) is 2.08. The maximum atomic E-state index is 4.61. The molecule has 2 aromatic heterocycles. The van der Waals surface area contributed by atoms with E-state index in [0.29, 0.717) is 6.04 Å². The zero-order chi connectivity index (χ0) is 11.8. The molecule has 0 radical (unpaired) electrons. The lowest BCUT2D eigenvalue weighted by molar-refractivity contribution is 0.534. The second kappa shape index (κ2) is 3.77. The molecule has 0 saturated heterocycles. The summed E-state index contributed by atoms with van der Waals surface area (Å²) in [4.78, 5) is 3.22. The molecule has 1 N–H and O–H groups in total. The van der Waals surface area contributed by atoms with Gasteiger partial charge in [0.15, 0.2) is 0 Å². The van der Waals surface area contributed by atoms with Crippen molar-refractivity contribution in [3.63, 3.8) is 0 Å². The van der Waals surface area contributed by atoms with E-state index in [1.807, 2.05) is 17.1 Å². The summed E-state index contributed by atoms with van der Waals surface area (Å²) >= 11 is 0. The van der Waals surface area contributed by atoms with Crippen LogP contribution in [-0.2, 0) is 0 Å². The van der Waals surface area contributed by atoms with E-state index in [0.717, 1.165) is 11.2 Å². The van der Waals surface area contributed by atoms with Gasteiger partial charge in [-0.25, -0.2) is 0 Å². The fraction of sp³-hybridized carbons (Fsp3) is 0.214. The smallest absolute Gasteiger partial charge is 0.0930 e. The molecule has 3 rings (SSSR count). The monoisotopic (exact) mass is 225 g/mol. The van der Waals surface area contributed by atoms with Gasteiger partial charge in [-0.1, -0.05) is 12.1 Å². The molecule has 0 aliphatic carbocycles. The summed E-state index contributed by atoms with van der Waals surface area (Å²) in [6.07, 6.45) is 4.00. The van der Waals surface area contributed by atoms with E-state index in [1.54, 1.807) is 0 Å². The van der Waals surface area contributed by atoms with Crippen molar-refractivity contribution < 1.29 is 0 Å². The third-order valence-corrected chi connectivity index (χ3v) is 3.01. The van der Waals surface area contributed by atoms with Crippen LogP contribution in [0.3, 0.4) is 0 Å².